The summed E-state index contributed by atoms with van der Waals surface area (Å²) in [5.41, 5.74) is 0. The van der Waals surface area contributed by atoms with Crippen molar-refractivity contribution in [3.8, 4) is 0 Å². The summed E-state index contributed by atoms with van der Waals surface area (Å²) in [5.74, 6) is -3.62. The zero-order valence-electron chi connectivity index (χ0n) is 10.8. The van der Waals surface area contributed by atoms with Gasteiger partial charge in [-0.3, -0.25) is 0 Å². The van der Waals surface area contributed by atoms with Crippen LogP contribution in [0.15, 0.2) is 4.52 Å². The molecule has 0 bridgehead atoms. The molecule has 1 saturated heterocycles. The van der Waals surface area contributed by atoms with Crippen molar-refractivity contribution >= 4 is 0 Å². The largest absolute Gasteiger partial charge is 0.367 e. The van der Waals surface area contributed by atoms with Gasteiger partial charge < -0.3 is 14.6 Å². The fourth-order valence-electron chi connectivity index (χ4n) is 2.01. The molecule has 0 aliphatic carbocycles. The van der Waals surface area contributed by atoms with Crippen molar-refractivity contribution in [3.05, 3.63) is 11.7 Å². The first-order chi connectivity index (χ1) is 9.40. The Morgan fingerprint density at radius 1 is 1.50 bits per heavy atom. The van der Waals surface area contributed by atoms with Crippen LogP contribution in [0.2, 0.25) is 0 Å². The summed E-state index contributed by atoms with van der Waals surface area (Å²) in [4.78, 5) is 4.03. The lowest BCUT2D eigenvalue weighted by Crippen LogP contribution is -2.32. The zero-order valence-corrected chi connectivity index (χ0v) is 10.8. The second-order valence-electron chi connectivity index (χ2n) is 4.74. The second-order valence-corrected chi connectivity index (χ2v) is 4.74. The molecule has 114 valence electrons. The van der Waals surface area contributed by atoms with Crippen LogP contribution in [0.1, 0.15) is 31.0 Å². The monoisotopic (exact) mass is 297 g/mol. The smallest absolute Gasteiger partial charge is 0.330 e. The average Bonchev–Trinajstić information content (AvgIpc) is 2.97. The molecular formula is C11H15F4N3O2. The molecular weight excluding hydrogens is 282 g/mol. The van der Waals surface area contributed by atoms with Crippen molar-refractivity contribution in [2.24, 2.45) is 0 Å². The van der Waals surface area contributed by atoms with Crippen LogP contribution < -0.4 is 5.32 Å². The highest BCUT2D eigenvalue weighted by molar-refractivity contribution is 5.01. The predicted octanol–water partition coefficient (Wildman–Crippen LogP) is 1.95. The van der Waals surface area contributed by atoms with E-state index in [2.05, 4.69) is 20.2 Å². The maximum atomic E-state index is 12.6. The number of ether oxygens (including phenoxy) is 1. The van der Waals surface area contributed by atoms with Gasteiger partial charge in [-0.15, -0.1) is 0 Å². The molecule has 9 heteroatoms. The summed E-state index contributed by atoms with van der Waals surface area (Å²) in [6, 6.07) is 0.187. The zero-order chi connectivity index (χ0) is 14.8. The third-order valence-corrected chi connectivity index (χ3v) is 3.17. The maximum Gasteiger partial charge on any atom is 0.330 e. The third-order valence-electron chi connectivity index (χ3n) is 3.17. The van der Waals surface area contributed by atoms with Crippen molar-refractivity contribution < 1.29 is 26.8 Å². The van der Waals surface area contributed by atoms with E-state index in [-0.39, 0.29) is 24.4 Å². The van der Waals surface area contributed by atoms with E-state index in [9.17, 15) is 17.6 Å². The van der Waals surface area contributed by atoms with E-state index < -0.39 is 19.0 Å². The molecule has 0 aromatic carbocycles. The number of nitrogens with one attached hydrogen (secondary N) is 1. The van der Waals surface area contributed by atoms with Gasteiger partial charge in [0.2, 0.25) is 5.89 Å². The molecule has 2 heterocycles. The number of nitrogens with zero attached hydrogens (tertiary/aromatic N) is 2. The van der Waals surface area contributed by atoms with Crippen LogP contribution in [0.4, 0.5) is 17.6 Å². The van der Waals surface area contributed by atoms with Crippen molar-refractivity contribution in [3.63, 3.8) is 0 Å². The first-order valence-corrected chi connectivity index (χ1v) is 6.19. The summed E-state index contributed by atoms with van der Waals surface area (Å²) >= 11 is 0. The van der Waals surface area contributed by atoms with E-state index in [1.165, 1.54) is 0 Å². The number of halogens is 4. The summed E-state index contributed by atoms with van der Waals surface area (Å²) in [6.45, 7) is 1.04. The Hall–Kier alpha value is -1.22. The van der Waals surface area contributed by atoms with Gasteiger partial charge in [0.15, 0.2) is 5.82 Å². The molecule has 1 aliphatic heterocycles. The standard InChI is InChI=1S/C11H15F4N3O2/c1-6-7(2-3-16-6)9-17-8(18-20-9)4-19-5-11(14,15)10(12)13/h6-7,10,16H,2-5H2,1H3. The molecule has 1 fully saturated rings. The van der Waals surface area contributed by atoms with E-state index in [1.807, 2.05) is 6.92 Å². The Labute approximate surface area is 112 Å². The molecule has 1 N–H and O–H groups in total. The Morgan fingerprint density at radius 3 is 2.85 bits per heavy atom. The predicted molar refractivity (Wildman–Crippen MR) is 59.7 cm³/mol. The number of hydrogen-bond acceptors (Lipinski definition) is 5. The van der Waals surface area contributed by atoms with Gasteiger partial charge in [0, 0.05) is 6.04 Å². The van der Waals surface area contributed by atoms with Gasteiger partial charge in [0.1, 0.15) is 13.2 Å². The van der Waals surface area contributed by atoms with Crippen LogP contribution in [0.5, 0.6) is 0 Å². The fourth-order valence-corrected chi connectivity index (χ4v) is 2.01. The number of alkyl halides is 4. The topological polar surface area (TPSA) is 60.2 Å². The van der Waals surface area contributed by atoms with Gasteiger partial charge in [-0.25, -0.2) is 8.78 Å². The highest BCUT2D eigenvalue weighted by atomic mass is 19.3. The SMILES string of the molecule is CC1NCCC1c1nc(COCC(F)(F)C(F)F)no1. The molecule has 1 aromatic heterocycles. The van der Waals surface area contributed by atoms with Gasteiger partial charge in [-0.1, -0.05) is 5.16 Å². The van der Waals surface area contributed by atoms with Gasteiger partial charge >= 0.3 is 12.3 Å². The summed E-state index contributed by atoms with van der Waals surface area (Å²) < 4.78 is 58.6. The van der Waals surface area contributed by atoms with Crippen molar-refractivity contribution in [1.29, 1.82) is 0 Å². The lowest BCUT2D eigenvalue weighted by atomic mass is 10.0. The Kier molecular flexibility index (Phi) is 4.59. The number of hydrogen-bond donors (Lipinski definition) is 1. The van der Waals surface area contributed by atoms with Crippen LogP contribution in [-0.2, 0) is 11.3 Å². The van der Waals surface area contributed by atoms with Gasteiger partial charge in [-0.05, 0) is 19.9 Å². The second kappa shape index (κ2) is 6.04. The molecule has 0 spiro atoms. The van der Waals surface area contributed by atoms with Crippen LogP contribution in [0.3, 0.4) is 0 Å². The number of rotatable bonds is 6. The minimum absolute atomic E-state index is 0.0683. The van der Waals surface area contributed by atoms with Crippen LogP contribution in [0, 0.1) is 0 Å². The van der Waals surface area contributed by atoms with E-state index in [0.717, 1.165) is 13.0 Å². The first-order valence-electron chi connectivity index (χ1n) is 6.19. The van der Waals surface area contributed by atoms with Crippen molar-refractivity contribution in [2.75, 3.05) is 13.2 Å². The number of aromatic nitrogens is 2. The van der Waals surface area contributed by atoms with E-state index in [1.54, 1.807) is 0 Å². The molecule has 2 rings (SSSR count). The lowest BCUT2D eigenvalue weighted by Gasteiger charge is -2.14. The molecule has 1 aromatic rings. The Balaban J connectivity index is 1.84. The maximum absolute atomic E-state index is 12.6. The minimum atomic E-state index is -4.17. The fraction of sp³-hybridized carbons (Fsp3) is 0.818. The van der Waals surface area contributed by atoms with Crippen LogP contribution >= 0.6 is 0 Å². The molecule has 1 aliphatic rings. The average molecular weight is 297 g/mol. The minimum Gasteiger partial charge on any atom is -0.367 e. The molecule has 2 unspecified atom stereocenters. The lowest BCUT2D eigenvalue weighted by molar-refractivity contribution is -0.168. The first kappa shape index (κ1) is 15.2. The van der Waals surface area contributed by atoms with E-state index in [0.29, 0.717) is 5.89 Å². The third kappa shape index (κ3) is 3.45. The molecule has 2 atom stereocenters. The Morgan fingerprint density at radius 2 is 2.25 bits per heavy atom. The molecule has 5 nitrogen and oxygen atoms in total. The van der Waals surface area contributed by atoms with Crippen molar-refractivity contribution in [2.45, 2.75) is 44.3 Å². The van der Waals surface area contributed by atoms with Gasteiger partial charge in [0.25, 0.3) is 0 Å². The normalized spacial score (nSPS) is 23.7. The van der Waals surface area contributed by atoms with Gasteiger partial charge in [-0.2, -0.15) is 13.8 Å². The summed E-state index contributed by atoms with van der Waals surface area (Å²) in [5, 5.41) is 6.80. The Bertz CT molecular complexity index is 441. The van der Waals surface area contributed by atoms with E-state index in [4.69, 9.17) is 4.52 Å². The summed E-state index contributed by atoms with van der Waals surface area (Å²) in [6.07, 6.45) is -2.92. The molecule has 0 amide bonds. The van der Waals surface area contributed by atoms with Crippen molar-refractivity contribution in [1.82, 2.24) is 15.5 Å². The highest BCUT2D eigenvalue weighted by Gasteiger charge is 2.41. The molecule has 0 saturated carbocycles. The molecule has 0 radical (unpaired) electrons. The van der Waals surface area contributed by atoms with Gasteiger partial charge in [0.05, 0.1) is 5.92 Å². The highest BCUT2D eigenvalue weighted by Crippen LogP contribution is 2.26. The molecule has 20 heavy (non-hydrogen) atoms. The van der Waals surface area contributed by atoms with Crippen LogP contribution in [0.25, 0.3) is 0 Å². The van der Waals surface area contributed by atoms with Crippen LogP contribution in [-0.4, -0.2) is 41.7 Å². The quantitative estimate of drug-likeness (QED) is 0.813. The summed E-state index contributed by atoms with van der Waals surface area (Å²) in [7, 11) is 0. The van der Waals surface area contributed by atoms with E-state index >= 15 is 0 Å².